The lowest BCUT2D eigenvalue weighted by atomic mass is 10.2. The molecule has 0 fully saturated rings. The molecule has 1 aromatic heterocycles. The van der Waals surface area contributed by atoms with Gasteiger partial charge in [0.25, 0.3) is 5.69 Å². The molecule has 14 heavy (non-hydrogen) atoms. The molecule has 0 aliphatic carbocycles. The summed E-state index contributed by atoms with van der Waals surface area (Å²) in [5.74, 6) is 0. The van der Waals surface area contributed by atoms with Crippen molar-refractivity contribution >= 4 is 40.0 Å². The number of hydrogen-bond acceptors (Lipinski definition) is 5. The second-order valence-corrected chi connectivity index (χ2v) is 3.65. The Morgan fingerprint density at radius 2 is 2.14 bits per heavy atom. The van der Waals surface area contributed by atoms with Crippen molar-refractivity contribution < 1.29 is 4.92 Å². The summed E-state index contributed by atoms with van der Waals surface area (Å²) in [6.07, 6.45) is 0. The van der Waals surface area contributed by atoms with E-state index in [0.717, 1.165) is 11.7 Å². The van der Waals surface area contributed by atoms with E-state index in [1.54, 1.807) is 6.92 Å². The third-order valence-electron chi connectivity index (χ3n) is 1.84. The second-order valence-electron chi connectivity index (χ2n) is 2.75. The SMILES string of the molecule is Cc1cc([N+](=O)[O-])c2nsnc2c1Cl. The Kier molecular flexibility index (Phi) is 2.09. The third kappa shape index (κ3) is 1.23. The van der Waals surface area contributed by atoms with Crippen molar-refractivity contribution in [1.29, 1.82) is 0 Å². The van der Waals surface area contributed by atoms with E-state index in [2.05, 4.69) is 8.75 Å². The van der Waals surface area contributed by atoms with Crippen LogP contribution >= 0.6 is 23.3 Å². The van der Waals surface area contributed by atoms with Crippen LogP contribution in [0, 0.1) is 17.0 Å². The summed E-state index contributed by atoms with van der Waals surface area (Å²) in [6.45, 7) is 1.70. The van der Waals surface area contributed by atoms with Gasteiger partial charge in [0.2, 0.25) is 0 Å². The number of hydrogen-bond donors (Lipinski definition) is 0. The molecule has 0 unspecified atom stereocenters. The van der Waals surface area contributed by atoms with Gasteiger partial charge in [-0.1, -0.05) is 11.6 Å². The molecule has 0 aliphatic rings. The van der Waals surface area contributed by atoms with Crippen LogP contribution in [0.4, 0.5) is 5.69 Å². The fourth-order valence-corrected chi connectivity index (χ4v) is 1.96. The average molecular weight is 230 g/mol. The molecule has 1 aromatic carbocycles. The largest absolute Gasteiger partial charge is 0.298 e. The van der Waals surface area contributed by atoms with Gasteiger partial charge in [-0.25, -0.2) is 0 Å². The third-order valence-corrected chi connectivity index (χ3v) is 2.84. The Balaban J connectivity index is 2.91. The number of benzene rings is 1. The van der Waals surface area contributed by atoms with Crippen LogP contribution < -0.4 is 0 Å². The van der Waals surface area contributed by atoms with Gasteiger partial charge in [0, 0.05) is 6.07 Å². The normalized spacial score (nSPS) is 10.7. The van der Waals surface area contributed by atoms with Crippen molar-refractivity contribution in [1.82, 2.24) is 8.75 Å². The van der Waals surface area contributed by atoms with Crippen LogP contribution in [0.2, 0.25) is 5.02 Å². The van der Waals surface area contributed by atoms with Crippen molar-refractivity contribution in [3.63, 3.8) is 0 Å². The Morgan fingerprint density at radius 1 is 1.50 bits per heavy atom. The Morgan fingerprint density at radius 3 is 2.79 bits per heavy atom. The van der Waals surface area contributed by atoms with E-state index in [9.17, 15) is 10.1 Å². The second kappa shape index (κ2) is 3.14. The lowest BCUT2D eigenvalue weighted by Crippen LogP contribution is -1.91. The predicted octanol–water partition coefficient (Wildman–Crippen LogP) is 2.56. The number of nitro benzene ring substituents is 1. The molecule has 5 nitrogen and oxygen atoms in total. The van der Waals surface area contributed by atoms with Gasteiger partial charge < -0.3 is 0 Å². The van der Waals surface area contributed by atoms with Crippen LogP contribution in [0.1, 0.15) is 5.56 Å². The number of nitrogens with zero attached hydrogens (tertiary/aromatic N) is 3. The number of aromatic nitrogens is 2. The van der Waals surface area contributed by atoms with Crippen molar-refractivity contribution in [3.05, 3.63) is 26.8 Å². The number of rotatable bonds is 1. The topological polar surface area (TPSA) is 68.9 Å². The van der Waals surface area contributed by atoms with Gasteiger partial charge in [0.05, 0.1) is 21.7 Å². The van der Waals surface area contributed by atoms with E-state index in [1.807, 2.05) is 0 Å². The van der Waals surface area contributed by atoms with Gasteiger partial charge in [-0.3, -0.25) is 10.1 Å². The van der Waals surface area contributed by atoms with Crippen LogP contribution in [0.25, 0.3) is 11.0 Å². The lowest BCUT2D eigenvalue weighted by Gasteiger charge is -1.98. The summed E-state index contributed by atoms with van der Waals surface area (Å²) >= 11 is 6.84. The maximum absolute atomic E-state index is 10.7. The molecule has 0 amide bonds. The Hall–Kier alpha value is -1.27. The maximum atomic E-state index is 10.7. The first kappa shape index (κ1) is 9.29. The summed E-state index contributed by atoms with van der Waals surface area (Å²) in [4.78, 5) is 10.2. The molecule has 0 saturated carbocycles. The highest BCUT2D eigenvalue weighted by molar-refractivity contribution is 7.00. The first-order valence-electron chi connectivity index (χ1n) is 3.67. The summed E-state index contributed by atoms with van der Waals surface area (Å²) in [6, 6.07) is 1.41. The molecule has 0 bridgehead atoms. The minimum atomic E-state index is -0.479. The maximum Gasteiger partial charge on any atom is 0.298 e. The Labute approximate surface area is 87.8 Å². The van der Waals surface area contributed by atoms with Crippen LogP contribution in [0.15, 0.2) is 6.07 Å². The van der Waals surface area contributed by atoms with Crippen molar-refractivity contribution in [2.24, 2.45) is 0 Å². The van der Waals surface area contributed by atoms with Gasteiger partial charge in [-0.15, -0.1) is 0 Å². The molecule has 0 N–H and O–H groups in total. The fraction of sp³-hybridized carbons (Fsp3) is 0.143. The van der Waals surface area contributed by atoms with Gasteiger partial charge in [0.1, 0.15) is 5.52 Å². The van der Waals surface area contributed by atoms with E-state index < -0.39 is 4.92 Å². The van der Waals surface area contributed by atoms with Gasteiger partial charge in [0.15, 0.2) is 5.52 Å². The molecular weight excluding hydrogens is 226 g/mol. The van der Waals surface area contributed by atoms with E-state index in [0.29, 0.717) is 16.1 Å². The molecule has 0 aliphatic heterocycles. The molecule has 0 radical (unpaired) electrons. The summed E-state index contributed by atoms with van der Waals surface area (Å²) in [5, 5.41) is 11.1. The molecule has 7 heteroatoms. The zero-order chi connectivity index (χ0) is 10.3. The van der Waals surface area contributed by atoms with Crippen LogP contribution in [0.5, 0.6) is 0 Å². The quantitative estimate of drug-likeness (QED) is 0.557. The number of halogens is 1. The van der Waals surface area contributed by atoms with Crippen LogP contribution in [0.3, 0.4) is 0 Å². The molecule has 2 aromatic rings. The number of non-ortho nitro benzene ring substituents is 1. The molecule has 0 atom stereocenters. The highest BCUT2D eigenvalue weighted by atomic mass is 35.5. The predicted molar refractivity (Wildman–Crippen MR) is 53.8 cm³/mol. The zero-order valence-electron chi connectivity index (χ0n) is 7.02. The average Bonchev–Trinajstić information content (AvgIpc) is 2.59. The first-order chi connectivity index (χ1) is 6.61. The minimum Gasteiger partial charge on any atom is -0.258 e. The van der Waals surface area contributed by atoms with Crippen LogP contribution in [-0.4, -0.2) is 13.7 Å². The molecule has 1 heterocycles. The van der Waals surface area contributed by atoms with Crippen LogP contribution in [-0.2, 0) is 0 Å². The van der Waals surface area contributed by atoms with Crippen molar-refractivity contribution in [3.8, 4) is 0 Å². The standard InChI is InChI=1S/C7H4ClN3O2S/c1-3-2-4(11(12)13)6-7(5(3)8)10-14-9-6/h2H,1H3. The molecule has 72 valence electrons. The van der Waals surface area contributed by atoms with Gasteiger partial charge in [-0.05, 0) is 12.5 Å². The highest BCUT2D eigenvalue weighted by Gasteiger charge is 2.19. The van der Waals surface area contributed by atoms with Gasteiger partial charge in [-0.2, -0.15) is 8.75 Å². The first-order valence-corrected chi connectivity index (χ1v) is 4.78. The fourth-order valence-electron chi connectivity index (χ4n) is 1.16. The smallest absolute Gasteiger partial charge is 0.258 e. The summed E-state index contributed by atoms with van der Waals surface area (Å²) in [7, 11) is 0. The number of fused-ring (bicyclic) bond motifs is 1. The Bertz CT molecular complexity index is 525. The summed E-state index contributed by atoms with van der Waals surface area (Å²) in [5.41, 5.74) is 1.26. The zero-order valence-corrected chi connectivity index (χ0v) is 8.59. The minimum absolute atomic E-state index is 0.0457. The lowest BCUT2D eigenvalue weighted by molar-refractivity contribution is -0.383. The van der Waals surface area contributed by atoms with E-state index in [4.69, 9.17) is 11.6 Å². The summed E-state index contributed by atoms with van der Waals surface area (Å²) < 4.78 is 7.76. The van der Waals surface area contributed by atoms with Gasteiger partial charge >= 0.3 is 0 Å². The highest BCUT2D eigenvalue weighted by Crippen LogP contribution is 2.32. The number of nitro groups is 1. The van der Waals surface area contributed by atoms with E-state index in [-0.39, 0.29) is 11.2 Å². The number of aryl methyl sites for hydroxylation is 1. The van der Waals surface area contributed by atoms with Crippen molar-refractivity contribution in [2.45, 2.75) is 6.92 Å². The monoisotopic (exact) mass is 229 g/mol. The van der Waals surface area contributed by atoms with E-state index in [1.165, 1.54) is 6.07 Å². The van der Waals surface area contributed by atoms with Crippen molar-refractivity contribution in [2.75, 3.05) is 0 Å². The molecule has 0 saturated heterocycles. The molecule has 0 spiro atoms. The molecular formula is C7H4ClN3O2S. The van der Waals surface area contributed by atoms with E-state index >= 15 is 0 Å². The molecule has 2 rings (SSSR count).